The minimum atomic E-state index is 0.980. The Morgan fingerprint density at radius 3 is 2.45 bits per heavy atom. The standard InChI is InChI=1S/C10H16S/c1-2-8-6-9-4-3-5-10(7-8)11-9/h2,9-10H,3-7H2,1H3. The van der Waals surface area contributed by atoms with Crippen molar-refractivity contribution in [2.45, 2.75) is 49.5 Å². The van der Waals surface area contributed by atoms with Gasteiger partial charge in [-0.2, -0.15) is 11.8 Å². The molecule has 62 valence electrons. The van der Waals surface area contributed by atoms with E-state index >= 15 is 0 Å². The molecular weight excluding hydrogens is 152 g/mol. The largest absolute Gasteiger partial charge is 0.154 e. The summed E-state index contributed by atoms with van der Waals surface area (Å²) < 4.78 is 0. The van der Waals surface area contributed by atoms with Crippen LogP contribution in [0.15, 0.2) is 11.6 Å². The molecule has 0 aliphatic carbocycles. The van der Waals surface area contributed by atoms with Gasteiger partial charge in [0.25, 0.3) is 0 Å². The van der Waals surface area contributed by atoms with E-state index in [1.54, 1.807) is 5.57 Å². The highest BCUT2D eigenvalue weighted by Crippen LogP contribution is 2.43. The summed E-state index contributed by atoms with van der Waals surface area (Å²) in [4.78, 5) is 0. The number of hydrogen-bond acceptors (Lipinski definition) is 1. The molecule has 0 N–H and O–H groups in total. The van der Waals surface area contributed by atoms with Gasteiger partial charge in [-0.1, -0.05) is 18.1 Å². The summed E-state index contributed by atoms with van der Waals surface area (Å²) in [6, 6.07) is 0. The zero-order valence-electron chi connectivity index (χ0n) is 7.18. The molecule has 1 heteroatoms. The number of hydrogen-bond donors (Lipinski definition) is 0. The van der Waals surface area contributed by atoms with Crippen LogP contribution in [0.5, 0.6) is 0 Å². The highest BCUT2D eigenvalue weighted by molar-refractivity contribution is 8.00. The quantitative estimate of drug-likeness (QED) is 0.500. The van der Waals surface area contributed by atoms with Crippen molar-refractivity contribution in [3.63, 3.8) is 0 Å². The van der Waals surface area contributed by atoms with Crippen LogP contribution in [0.1, 0.15) is 39.0 Å². The lowest BCUT2D eigenvalue weighted by Gasteiger charge is -2.35. The van der Waals surface area contributed by atoms with Crippen molar-refractivity contribution in [2.24, 2.45) is 0 Å². The molecule has 11 heavy (non-hydrogen) atoms. The van der Waals surface area contributed by atoms with Crippen molar-refractivity contribution in [3.05, 3.63) is 11.6 Å². The molecule has 2 aliphatic rings. The topological polar surface area (TPSA) is 0 Å². The van der Waals surface area contributed by atoms with Crippen molar-refractivity contribution in [3.8, 4) is 0 Å². The third-order valence-electron chi connectivity index (χ3n) is 2.83. The minimum Gasteiger partial charge on any atom is -0.154 e. The maximum atomic E-state index is 2.34. The maximum absolute atomic E-state index is 2.34. The lowest BCUT2D eigenvalue weighted by Crippen LogP contribution is -2.24. The van der Waals surface area contributed by atoms with Crippen LogP contribution in [0, 0.1) is 0 Å². The molecule has 0 aromatic heterocycles. The van der Waals surface area contributed by atoms with Gasteiger partial charge in [0.05, 0.1) is 0 Å². The summed E-state index contributed by atoms with van der Waals surface area (Å²) in [7, 11) is 0. The van der Waals surface area contributed by atoms with E-state index in [1.807, 2.05) is 0 Å². The van der Waals surface area contributed by atoms with Crippen LogP contribution in [-0.4, -0.2) is 10.5 Å². The van der Waals surface area contributed by atoms with E-state index in [-0.39, 0.29) is 0 Å². The average molecular weight is 168 g/mol. The fourth-order valence-electron chi connectivity index (χ4n) is 2.19. The van der Waals surface area contributed by atoms with Crippen molar-refractivity contribution in [1.82, 2.24) is 0 Å². The lowest BCUT2D eigenvalue weighted by molar-refractivity contribution is 0.553. The summed E-state index contributed by atoms with van der Waals surface area (Å²) in [6.07, 6.45) is 9.54. The van der Waals surface area contributed by atoms with Crippen LogP contribution < -0.4 is 0 Å². The Bertz CT molecular complexity index is 158. The first kappa shape index (κ1) is 7.72. The second kappa shape index (κ2) is 3.22. The molecule has 0 aromatic rings. The Morgan fingerprint density at radius 1 is 1.27 bits per heavy atom. The summed E-state index contributed by atoms with van der Waals surface area (Å²) in [5.41, 5.74) is 1.72. The van der Waals surface area contributed by atoms with Gasteiger partial charge in [0, 0.05) is 10.5 Å². The molecule has 0 aromatic carbocycles. The van der Waals surface area contributed by atoms with Crippen molar-refractivity contribution < 1.29 is 0 Å². The van der Waals surface area contributed by atoms with E-state index in [2.05, 4.69) is 24.8 Å². The maximum Gasteiger partial charge on any atom is 0.00871 e. The third kappa shape index (κ3) is 1.64. The normalized spacial score (nSPS) is 37.0. The first-order valence-electron chi connectivity index (χ1n) is 4.68. The molecule has 2 unspecified atom stereocenters. The Kier molecular flexibility index (Phi) is 2.26. The molecule has 0 nitrogen and oxygen atoms in total. The molecule has 2 fully saturated rings. The van der Waals surface area contributed by atoms with Gasteiger partial charge in [0.2, 0.25) is 0 Å². The second-order valence-corrected chi connectivity index (χ2v) is 5.27. The molecule has 2 heterocycles. The molecule has 2 aliphatic heterocycles. The van der Waals surface area contributed by atoms with E-state index < -0.39 is 0 Å². The molecule has 0 spiro atoms. The van der Waals surface area contributed by atoms with E-state index in [1.165, 1.54) is 32.1 Å². The number of rotatable bonds is 0. The fraction of sp³-hybridized carbons (Fsp3) is 0.800. The van der Waals surface area contributed by atoms with E-state index in [0.29, 0.717) is 0 Å². The summed E-state index contributed by atoms with van der Waals surface area (Å²) >= 11 is 2.25. The zero-order chi connectivity index (χ0) is 7.68. The van der Waals surface area contributed by atoms with Gasteiger partial charge >= 0.3 is 0 Å². The average Bonchev–Trinajstić information content (AvgIpc) is 2.03. The molecular formula is C10H16S. The van der Waals surface area contributed by atoms with Crippen molar-refractivity contribution in [2.75, 3.05) is 0 Å². The number of fused-ring (bicyclic) bond motifs is 2. The first-order valence-corrected chi connectivity index (χ1v) is 5.62. The van der Waals surface area contributed by atoms with Crippen LogP contribution in [0.25, 0.3) is 0 Å². The van der Waals surface area contributed by atoms with Crippen LogP contribution in [0.2, 0.25) is 0 Å². The van der Waals surface area contributed by atoms with Crippen LogP contribution in [0.3, 0.4) is 0 Å². The van der Waals surface area contributed by atoms with Crippen molar-refractivity contribution >= 4 is 11.8 Å². The van der Waals surface area contributed by atoms with Gasteiger partial charge in [0.1, 0.15) is 0 Å². The predicted octanol–water partition coefficient (Wildman–Crippen LogP) is 3.38. The molecule has 0 amide bonds. The Hall–Kier alpha value is 0.0900. The Labute approximate surface area is 73.4 Å². The van der Waals surface area contributed by atoms with Gasteiger partial charge in [-0.15, -0.1) is 0 Å². The zero-order valence-corrected chi connectivity index (χ0v) is 7.99. The molecule has 2 atom stereocenters. The van der Waals surface area contributed by atoms with Crippen LogP contribution in [0.4, 0.5) is 0 Å². The summed E-state index contributed by atoms with van der Waals surface area (Å²) in [6.45, 7) is 2.20. The number of allylic oxidation sites excluding steroid dienone is 2. The molecule has 0 radical (unpaired) electrons. The van der Waals surface area contributed by atoms with Gasteiger partial charge < -0.3 is 0 Å². The molecule has 2 rings (SSSR count). The molecule has 0 saturated carbocycles. The minimum absolute atomic E-state index is 0.980. The Balaban J connectivity index is 2.05. The summed E-state index contributed by atoms with van der Waals surface area (Å²) in [5.74, 6) is 0. The SMILES string of the molecule is CC=C1CC2CCCC(C1)S2. The van der Waals surface area contributed by atoms with Crippen LogP contribution in [-0.2, 0) is 0 Å². The summed E-state index contributed by atoms with van der Waals surface area (Å²) in [5, 5.41) is 1.96. The molecule has 2 bridgehead atoms. The first-order chi connectivity index (χ1) is 5.38. The second-order valence-electron chi connectivity index (χ2n) is 3.67. The fourth-order valence-corrected chi connectivity index (χ4v) is 3.96. The van der Waals surface area contributed by atoms with Gasteiger partial charge in [-0.25, -0.2) is 0 Å². The smallest absolute Gasteiger partial charge is 0.00871 e. The van der Waals surface area contributed by atoms with Gasteiger partial charge in [-0.3, -0.25) is 0 Å². The van der Waals surface area contributed by atoms with Gasteiger partial charge in [-0.05, 0) is 32.6 Å². The highest BCUT2D eigenvalue weighted by atomic mass is 32.2. The van der Waals surface area contributed by atoms with E-state index in [9.17, 15) is 0 Å². The third-order valence-corrected chi connectivity index (χ3v) is 4.40. The van der Waals surface area contributed by atoms with Gasteiger partial charge in [0.15, 0.2) is 0 Å². The Morgan fingerprint density at radius 2 is 1.91 bits per heavy atom. The molecule has 2 saturated heterocycles. The van der Waals surface area contributed by atoms with E-state index in [0.717, 1.165) is 10.5 Å². The van der Waals surface area contributed by atoms with Crippen LogP contribution >= 0.6 is 11.8 Å². The van der Waals surface area contributed by atoms with E-state index in [4.69, 9.17) is 0 Å². The lowest BCUT2D eigenvalue weighted by atomic mass is 9.94. The predicted molar refractivity (Wildman–Crippen MR) is 52.0 cm³/mol. The monoisotopic (exact) mass is 168 g/mol. The van der Waals surface area contributed by atoms with Crippen molar-refractivity contribution in [1.29, 1.82) is 0 Å². The highest BCUT2D eigenvalue weighted by Gasteiger charge is 2.28. The number of thioether (sulfide) groups is 1.